The summed E-state index contributed by atoms with van der Waals surface area (Å²) in [6.45, 7) is 1.15. The largest absolute Gasteiger partial charge is 0.433 e. The maximum absolute atomic E-state index is 13.0. The van der Waals surface area contributed by atoms with Crippen LogP contribution in [0.3, 0.4) is 0 Å². The standard InChI is InChI=1S/C14H16F3N5/c1-22(2)8-7-19-12-9-11(14(15,16)17)20-13(21-12)10-5-3-4-6-18-10/h3-6,9H,7-8H2,1-2H3,(H,19,20,21). The van der Waals surface area contributed by atoms with Gasteiger partial charge in [0, 0.05) is 25.4 Å². The van der Waals surface area contributed by atoms with Crippen molar-refractivity contribution in [2.45, 2.75) is 6.18 Å². The van der Waals surface area contributed by atoms with Gasteiger partial charge in [0.15, 0.2) is 11.5 Å². The first-order valence-corrected chi connectivity index (χ1v) is 6.62. The maximum Gasteiger partial charge on any atom is 0.433 e. The zero-order valence-electron chi connectivity index (χ0n) is 12.2. The minimum atomic E-state index is -4.54. The fourth-order valence-electron chi connectivity index (χ4n) is 1.70. The van der Waals surface area contributed by atoms with Crippen LogP contribution in [-0.2, 0) is 6.18 Å². The summed E-state index contributed by atoms with van der Waals surface area (Å²) in [5.74, 6) is 0.0765. The summed E-state index contributed by atoms with van der Waals surface area (Å²) < 4.78 is 38.9. The van der Waals surface area contributed by atoms with E-state index in [9.17, 15) is 13.2 Å². The van der Waals surface area contributed by atoms with Crippen LogP contribution in [0.2, 0.25) is 0 Å². The highest BCUT2D eigenvalue weighted by Gasteiger charge is 2.33. The van der Waals surface area contributed by atoms with Crippen LogP contribution in [0, 0.1) is 0 Å². The number of rotatable bonds is 5. The van der Waals surface area contributed by atoms with Crippen LogP contribution in [0.25, 0.3) is 11.5 Å². The van der Waals surface area contributed by atoms with Crippen molar-refractivity contribution in [2.24, 2.45) is 0 Å². The molecular formula is C14H16F3N5. The SMILES string of the molecule is CN(C)CCNc1cc(C(F)(F)F)nc(-c2ccccn2)n1. The number of nitrogens with zero attached hydrogens (tertiary/aromatic N) is 4. The molecule has 2 aromatic heterocycles. The highest BCUT2D eigenvalue weighted by Crippen LogP contribution is 2.30. The van der Waals surface area contributed by atoms with Gasteiger partial charge in [-0.1, -0.05) is 6.07 Å². The predicted octanol–water partition coefficient (Wildman–Crippen LogP) is 2.53. The van der Waals surface area contributed by atoms with Gasteiger partial charge >= 0.3 is 6.18 Å². The van der Waals surface area contributed by atoms with Gasteiger partial charge in [0.2, 0.25) is 0 Å². The molecule has 0 aromatic carbocycles. The number of nitrogens with one attached hydrogen (secondary N) is 1. The van der Waals surface area contributed by atoms with E-state index in [1.165, 1.54) is 6.20 Å². The van der Waals surface area contributed by atoms with Crippen molar-refractivity contribution < 1.29 is 13.2 Å². The van der Waals surface area contributed by atoms with Crippen LogP contribution in [0.15, 0.2) is 30.5 Å². The molecule has 0 aliphatic carbocycles. The summed E-state index contributed by atoms with van der Waals surface area (Å²) in [6.07, 6.45) is -3.05. The number of aromatic nitrogens is 3. The Morgan fingerprint density at radius 2 is 1.95 bits per heavy atom. The van der Waals surface area contributed by atoms with Crippen LogP contribution < -0.4 is 5.32 Å². The van der Waals surface area contributed by atoms with Crippen molar-refractivity contribution in [3.05, 3.63) is 36.2 Å². The Morgan fingerprint density at radius 3 is 2.55 bits per heavy atom. The molecule has 0 amide bonds. The van der Waals surface area contributed by atoms with E-state index in [1.54, 1.807) is 18.2 Å². The lowest BCUT2D eigenvalue weighted by atomic mass is 10.3. The molecule has 22 heavy (non-hydrogen) atoms. The van der Waals surface area contributed by atoms with Crippen molar-refractivity contribution >= 4 is 5.82 Å². The number of anilines is 1. The van der Waals surface area contributed by atoms with Gasteiger partial charge in [-0.15, -0.1) is 0 Å². The van der Waals surface area contributed by atoms with Gasteiger partial charge in [0.25, 0.3) is 0 Å². The lowest BCUT2D eigenvalue weighted by molar-refractivity contribution is -0.141. The Morgan fingerprint density at radius 1 is 1.18 bits per heavy atom. The molecule has 5 nitrogen and oxygen atoms in total. The fourth-order valence-corrected chi connectivity index (χ4v) is 1.70. The van der Waals surface area contributed by atoms with Gasteiger partial charge in [0.05, 0.1) is 0 Å². The van der Waals surface area contributed by atoms with Crippen LogP contribution in [0.4, 0.5) is 19.0 Å². The topological polar surface area (TPSA) is 53.9 Å². The van der Waals surface area contributed by atoms with Crippen molar-refractivity contribution in [2.75, 3.05) is 32.5 Å². The molecule has 1 N–H and O–H groups in total. The lowest BCUT2D eigenvalue weighted by Crippen LogP contribution is -2.21. The molecule has 0 spiro atoms. The summed E-state index contributed by atoms with van der Waals surface area (Å²) in [7, 11) is 3.75. The van der Waals surface area contributed by atoms with E-state index in [0.29, 0.717) is 18.8 Å². The highest BCUT2D eigenvalue weighted by molar-refractivity contribution is 5.53. The third-order valence-electron chi connectivity index (χ3n) is 2.78. The average Bonchev–Trinajstić information content (AvgIpc) is 2.46. The van der Waals surface area contributed by atoms with E-state index in [0.717, 1.165) is 6.07 Å². The Labute approximate surface area is 126 Å². The summed E-state index contributed by atoms with van der Waals surface area (Å²) in [4.78, 5) is 13.6. The van der Waals surface area contributed by atoms with E-state index in [-0.39, 0.29) is 11.6 Å². The lowest BCUT2D eigenvalue weighted by Gasteiger charge is -2.13. The van der Waals surface area contributed by atoms with Gasteiger partial charge < -0.3 is 10.2 Å². The third kappa shape index (κ3) is 4.39. The number of hydrogen-bond donors (Lipinski definition) is 1. The van der Waals surface area contributed by atoms with Crippen LogP contribution >= 0.6 is 0 Å². The fraction of sp³-hybridized carbons (Fsp3) is 0.357. The molecule has 8 heteroatoms. The van der Waals surface area contributed by atoms with E-state index in [4.69, 9.17) is 0 Å². The van der Waals surface area contributed by atoms with E-state index < -0.39 is 11.9 Å². The normalized spacial score (nSPS) is 11.7. The van der Waals surface area contributed by atoms with E-state index in [1.807, 2.05) is 19.0 Å². The van der Waals surface area contributed by atoms with Crippen molar-refractivity contribution in [1.82, 2.24) is 19.9 Å². The first-order chi connectivity index (χ1) is 10.4. The van der Waals surface area contributed by atoms with Crippen molar-refractivity contribution in [1.29, 1.82) is 0 Å². The second-order valence-corrected chi connectivity index (χ2v) is 4.90. The molecular weight excluding hydrogens is 295 g/mol. The molecule has 0 atom stereocenters. The average molecular weight is 311 g/mol. The third-order valence-corrected chi connectivity index (χ3v) is 2.78. The molecule has 0 saturated carbocycles. The van der Waals surface area contributed by atoms with Gasteiger partial charge in [-0.3, -0.25) is 4.98 Å². The quantitative estimate of drug-likeness (QED) is 0.919. The van der Waals surface area contributed by atoms with E-state index in [2.05, 4.69) is 20.3 Å². The summed E-state index contributed by atoms with van der Waals surface area (Å²) in [5.41, 5.74) is -0.695. The highest BCUT2D eigenvalue weighted by atomic mass is 19.4. The zero-order valence-corrected chi connectivity index (χ0v) is 12.2. The van der Waals surface area contributed by atoms with Gasteiger partial charge in [-0.05, 0) is 26.2 Å². The Hall–Kier alpha value is -2.22. The molecule has 2 heterocycles. The molecule has 0 aliphatic heterocycles. The minimum Gasteiger partial charge on any atom is -0.369 e. The minimum absolute atomic E-state index is 0.0530. The predicted molar refractivity (Wildman–Crippen MR) is 77.3 cm³/mol. The van der Waals surface area contributed by atoms with Gasteiger partial charge in [0.1, 0.15) is 11.5 Å². The van der Waals surface area contributed by atoms with E-state index >= 15 is 0 Å². The molecule has 2 rings (SSSR count). The Balaban J connectivity index is 2.33. The van der Waals surface area contributed by atoms with Crippen LogP contribution in [-0.4, -0.2) is 47.0 Å². The summed E-state index contributed by atoms with van der Waals surface area (Å²) >= 11 is 0. The summed E-state index contributed by atoms with van der Waals surface area (Å²) in [5, 5.41) is 2.88. The number of hydrogen-bond acceptors (Lipinski definition) is 5. The molecule has 118 valence electrons. The molecule has 0 fully saturated rings. The van der Waals surface area contributed by atoms with Crippen LogP contribution in [0.1, 0.15) is 5.69 Å². The zero-order chi connectivity index (χ0) is 16.2. The number of pyridine rings is 1. The number of alkyl halides is 3. The monoisotopic (exact) mass is 311 g/mol. The Bertz CT molecular complexity index is 614. The first kappa shape index (κ1) is 16.2. The second kappa shape index (κ2) is 6.69. The molecule has 2 aromatic rings. The van der Waals surface area contributed by atoms with Gasteiger partial charge in [-0.2, -0.15) is 13.2 Å². The Kier molecular flexibility index (Phi) is 4.92. The van der Waals surface area contributed by atoms with Gasteiger partial charge in [-0.25, -0.2) is 9.97 Å². The molecule has 0 unspecified atom stereocenters. The number of likely N-dealkylation sites (N-methyl/N-ethyl adjacent to an activating group) is 1. The first-order valence-electron chi connectivity index (χ1n) is 6.62. The molecule has 0 aliphatic rings. The van der Waals surface area contributed by atoms with Crippen molar-refractivity contribution in [3.63, 3.8) is 0 Å². The van der Waals surface area contributed by atoms with Crippen LogP contribution in [0.5, 0.6) is 0 Å². The molecule has 0 bridgehead atoms. The summed E-state index contributed by atoms with van der Waals surface area (Å²) in [6, 6.07) is 5.82. The smallest absolute Gasteiger partial charge is 0.369 e. The number of halogens is 3. The maximum atomic E-state index is 13.0. The van der Waals surface area contributed by atoms with Crippen molar-refractivity contribution in [3.8, 4) is 11.5 Å². The molecule has 0 radical (unpaired) electrons. The molecule has 0 saturated heterocycles. The second-order valence-electron chi connectivity index (χ2n) is 4.90.